The molecule has 0 amide bonds. The summed E-state index contributed by atoms with van der Waals surface area (Å²) in [6.07, 6.45) is 0.675. The van der Waals surface area contributed by atoms with Crippen LogP contribution in [0.3, 0.4) is 0 Å². The molecular formula is C6H3ClINO. The standard InChI is InChI=1S/C6H3ClINO/c7-6-2-4(8)1-5(3-10)9-6/h1-3H. The second kappa shape index (κ2) is 3.30. The fourth-order valence-corrected chi connectivity index (χ4v) is 1.56. The Hall–Kier alpha value is -0.160. The highest BCUT2D eigenvalue weighted by molar-refractivity contribution is 14.1. The summed E-state index contributed by atoms with van der Waals surface area (Å²) in [7, 11) is 0. The third-order valence-corrected chi connectivity index (χ3v) is 1.72. The van der Waals surface area contributed by atoms with E-state index in [0.29, 0.717) is 17.1 Å². The molecule has 0 saturated carbocycles. The zero-order chi connectivity index (χ0) is 7.56. The Labute approximate surface area is 76.7 Å². The molecule has 0 aliphatic rings. The van der Waals surface area contributed by atoms with Crippen molar-refractivity contribution in [1.82, 2.24) is 4.98 Å². The van der Waals surface area contributed by atoms with Gasteiger partial charge in [-0.05, 0) is 34.7 Å². The van der Waals surface area contributed by atoms with E-state index in [1.807, 2.05) is 0 Å². The molecule has 4 heteroatoms. The van der Waals surface area contributed by atoms with Gasteiger partial charge in [0, 0.05) is 3.57 Å². The highest BCUT2D eigenvalue weighted by Gasteiger charge is 1.95. The molecule has 0 spiro atoms. The normalized spacial score (nSPS) is 9.40. The second-order valence-corrected chi connectivity index (χ2v) is 3.28. The van der Waals surface area contributed by atoms with Crippen LogP contribution in [-0.4, -0.2) is 11.3 Å². The molecule has 0 unspecified atom stereocenters. The molecule has 10 heavy (non-hydrogen) atoms. The maximum Gasteiger partial charge on any atom is 0.168 e. The molecule has 2 nitrogen and oxygen atoms in total. The Kier molecular flexibility index (Phi) is 2.62. The van der Waals surface area contributed by atoms with Gasteiger partial charge in [0.1, 0.15) is 10.8 Å². The highest BCUT2D eigenvalue weighted by Crippen LogP contribution is 2.11. The van der Waals surface area contributed by atoms with Crippen LogP contribution in [-0.2, 0) is 0 Å². The van der Waals surface area contributed by atoms with Crippen molar-refractivity contribution in [3.8, 4) is 0 Å². The number of hydrogen-bond donors (Lipinski definition) is 0. The molecule has 0 aliphatic carbocycles. The number of hydrogen-bond acceptors (Lipinski definition) is 2. The summed E-state index contributed by atoms with van der Waals surface area (Å²) in [4.78, 5) is 13.9. The van der Waals surface area contributed by atoms with Gasteiger partial charge in [0.25, 0.3) is 0 Å². The van der Waals surface area contributed by atoms with E-state index in [4.69, 9.17) is 11.6 Å². The van der Waals surface area contributed by atoms with Crippen molar-refractivity contribution in [3.05, 3.63) is 26.5 Å². The molecule has 1 aromatic rings. The largest absolute Gasteiger partial charge is 0.296 e. The molecule has 0 aromatic carbocycles. The predicted molar refractivity (Wildman–Crippen MR) is 47.4 cm³/mol. The lowest BCUT2D eigenvalue weighted by atomic mass is 10.4. The molecule has 0 atom stereocenters. The number of carbonyl (C=O) groups excluding carboxylic acids is 1. The number of nitrogens with zero attached hydrogens (tertiary/aromatic N) is 1. The fraction of sp³-hybridized carbons (Fsp3) is 0. The van der Waals surface area contributed by atoms with Crippen molar-refractivity contribution in [1.29, 1.82) is 0 Å². The molecule has 52 valence electrons. The van der Waals surface area contributed by atoms with Gasteiger partial charge in [0.2, 0.25) is 0 Å². The van der Waals surface area contributed by atoms with Crippen molar-refractivity contribution in [2.45, 2.75) is 0 Å². The SMILES string of the molecule is O=Cc1cc(I)cc(Cl)n1. The van der Waals surface area contributed by atoms with E-state index in [2.05, 4.69) is 27.6 Å². The van der Waals surface area contributed by atoms with E-state index in [-0.39, 0.29) is 0 Å². The number of rotatable bonds is 1. The molecule has 0 N–H and O–H groups in total. The Bertz CT molecular complexity index is 244. The first-order chi connectivity index (χ1) is 4.72. The third kappa shape index (κ3) is 1.91. The Morgan fingerprint density at radius 2 is 2.30 bits per heavy atom. The molecule has 0 saturated heterocycles. The van der Waals surface area contributed by atoms with Gasteiger partial charge < -0.3 is 0 Å². The summed E-state index contributed by atoms with van der Waals surface area (Å²) in [5.74, 6) is 0. The van der Waals surface area contributed by atoms with E-state index in [0.717, 1.165) is 3.57 Å². The minimum absolute atomic E-state index is 0.356. The van der Waals surface area contributed by atoms with Gasteiger partial charge in [-0.3, -0.25) is 4.79 Å². The maximum atomic E-state index is 10.2. The van der Waals surface area contributed by atoms with Crippen molar-refractivity contribution >= 4 is 40.5 Å². The van der Waals surface area contributed by atoms with E-state index in [9.17, 15) is 4.79 Å². The molecule has 0 aliphatic heterocycles. The molecule has 0 radical (unpaired) electrons. The monoisotopic (exact) mass is 267 g/mol. The maximum absolute atomic E-state index is 10.2. The lowest BCUT2D eigenvalue weighted by Crippen LogP contribution is -1.87. The van der Waals surface area contributed by atoms with Gasteiger partial charge in [-0.25, -0.2) is 4.98 Å². The first-order valence-corrected chi connectivity index (χ1v) is 3.96. The van der Waals surface area contributed by atoms with Gasteiger partial charge in [0.15, 0.2) is 6.29 Å². The second-order valence-electron chi connectivity index (χ2n) is 1.65. The van der Waals surface area contributed by atoms with Crippen molar-refractivity contribution in [2.75, 3.05) is 0 Å². The van der Waals surface area contributed by atoms with Gasteiger partial charge in [-0.15, -0.1) is 0 Å². The smallest absolute Gasteiger partial charge is 0.168 e. The van der Waals surface area contributed by atoms with Crippen LogP contribution >= 0.6 is 34.2 Å². The van der Waals surface area contributed by atoms with Gasteiger partial charge in [0.05, 0.1) is 0 Å². The first-order valence-electron chi connectivity index (χ1n) is 2.50. The Balaban J connectivity index is 3.18. The van der Waals surface area contributed by atoms with Crippen molar-refractivity contribution in [3.63, 3.8) is 0 Å². The molecule has 0 fully saturated rings. The van der Waals surface area contributed by atoms with Gasteiger partial charge in [-0.2, -0.15) is 0 Å². The molecular weight excluding hydrogens is 264 g/mol. The topological polar surface area (TPSA) is 30.0 Å². The van der Waals surface area contributed by atoms with Crippen LogP contribution in [0.15, 0.2) is 12.1 Å². The highest BCUT2D eigenvalue weighted by atomic mass is 127. The third-order valence-electron chi connectivity index (χ3n) is 0.899. The van der Waals surface area contributed by atoms with Crippen molar-refractivity contribution < 1.29 is 4.79 Å². The quantitative estimate of drug-likeness (QED) is 0.443. The summed E-state index contributed by atoms with van der Waals surface area (Å²) in [5.41, 5.74) is 0.372. The molecule has 1 aromatic heterocycles. The number of pyridine rings is 1. The van der Waals surface area contributed by atoms with Crippen LogP contribution < -0.4 is 0 Å². The zero-order valence-electron chi connectivity index (χ0n) is 4.84. The number of halogens is 2. The van der Waals surface area contributed by atoms with Crippen LogP contribution in [0.4, 0.5) is 0 Å². The van der Waals surface area contributed by atoms with Gasteiger partial charge in [-0.1, -0.05) is 11.6 Å². The van der Waals surface area contributed by atoms with Crippen LogP contribution in [0.1, 0.15) is 10.5 Å². The lowest BCUT2D eigenvalue weighted by Gasteiger charge is -1.92. The number of aromatic nitrogens is 1. The Morgan fingerprint density at radius 1 is 1.60 bits per heavy atom. The fourth-order valence-electron chi connectivity index (χ4n) is 0.545. The van der Waals surface area contributed by atoms with Crippen LogP contribution in [0.25, 0.3) is 0 Å². The predicted octanol–water partition coefficient (Wildman–Crippen LogP) is 2.15. The van der Waals surface area contributed by atoms with Crippen molar-refractivity contribution in [2.24, 2.45) is 0 Å². The summed E-state index contributed by atoms with van der Waals surface area (Å²) in [6, 6.07) is 3.36. The van der Waals surface area contributed by atoms with Crippen LogP contribution in [0.2, 0.25) is 5.15 Å². The summed E-state index contributed by atoms with van der Waals surface area (Å²) in [6.45, 7) is 0. The average molecular weight is 267 g/mol. The summed E-state index contributed by atoms with van der Waals surface area (Å²) < 4.78 is 0.916. The lowest BCUT2D eigenvalue weighted by molar-refractivity contribution is 0.111. The minimum atomic E-state index is 0.356. The summed E-state index contributed by atoms with van der Waals surface area (Å²) >= 11 is 7.63. The number of aldehydes is 1. The van der Waals surface area contributed by atoms with E-state index >= 15 is 0 Å². The average Bonchev–Trinajstić information content (AvgIpc) is 1.85. The Morgan fingerprint density at radius 3 is 2.80 bits per heavy atom. The minimum Gasteiger partial charge on any atom is -0.296 e. The molecule has 1 heterocycles. The van der Waals surface area contributed by atoms with E-state index in [1.165, 1.54) is 0 Å². The van der Waals surface area contributed by atoms with Gasteiger partial charge >= 0.3 is 0 Å². The zero-order valence-corrected chi connectivity index (χ0v) is 7.76. The first kappa shape index (κ1) is 7.94. The molecule has 0 bridgehead atoms. The number of carbonyl (C=O) groups is 1. The van der Waals surface area contributed by atoms with E-state index < -0.39 is 0 Å². The van der Waals surface area contributed by atoms with E-state index in [1.54, 1.807) is 12.1 Å². The molecule has 1 rings (SSSR count). The van der Waals surface area contributed by atoms with Crippen LogP contribution in [0, 0.1) is 3.57 Å². The summed E-state index contributed by atoms with van der Waals surface area (Å²) in [5, 5.41) is 0.356. The van der Waals surface area contributed by atoms with Crippen LogP contribution in [0.5, 0.6) is 0 Å².